The number of nitrogens with zero attached hydrogens (tertiary/aromatic N) is 3. The number of sulfonamides is 1. The standard InChI is InChI=1S/C26H36N4O3S/c1-21-8-9-25(20-22(21)2)34(32,33)30-13-10-23(11-14-30)26(31)27-12-15-28-16-18-29(19-17-28)24-6-4-3-5-7-24/h3-9,20,23H,10-19H2,1-2H3,(H,27,31). The number of carbonyl (C=O) groups excluding carboxylic acids is 1. The molecule has 1 N–H and O–H groups in total. The second-order valence-electron chi connectivity index (χ2n) is 9.38. The minimum absolute atomic E-state index is 0.0474. The second-order valence-corrected chi connectivity index (χ2v) is 11.3. The van der Waals surface area contributed by atoms with Crippen molar-refractivity contribution in [3.63, 3.8) is 0 Å². The fourth-order valence-corrected chi connectivity index (χ4v) is 6.29. The zero-order valence-electron chi connectivity index (χ0n) is 20.2. The Balaban J connectivity index is 1.18. The molecule has 4 rings (SSSR count). The predicted molar refractivity (Wildman–Crippen MR) is 136 cm³/mol. The summed E-state index contributed by atoms with van der Waals surface area (Å²) in [6.45, 7) is 10.1. The number of rotatable bonds is 7. The third-order valence-electron chi connectivity index (χ3n) is 7.16. The number of aryl methyl sites for hydroxylation is 2. The molecule has 0 bridgehead atoms. The van der Waals surface area contributed by atoms with Gasteiger partial charge in [-0.1, -0.05) is 24.3 Å². The van der Waals surface area contributed by atoms with Crippen molar-refractivity contribution in [3.8, 4) is 0 Å². The first-order chi connectivity index (χ1) is 16.3. The largest absolute Gasteiger partial charge is 0.369 e. The molecule has 0 aromatic heterocycles. The minimum atomic E-state index is -3.52. The van der Waals surface area contributed by atoms with Crippen LogP contribution in [0.1, 0.15) is 24.0 Å². The minimum Gasteiger partial charge on any atom is -0.369 e. The van der Waals surface area contributed by atoms with Gasteiger partial charge in [-0.05, 0) is 62.1 Å². The van der Waals surface area contributed by atoms with Crippen molar-refractivity contribution in [1.29, 1.82) is 0 Å². The van der Waals surface area contributed by atoms with Gasteiger partial charge < -0.3 is 10.2 Å². The zero-order valence-corrected chi connectivity index (χ0v) is 21.1. The molecule has 2 aromatic rings. The van der Waals surface area contributed by atoms with Gasteiger partial charge in [0.25, 0.3) is 0 Å². The van der Waals surface area contributed by atoms with E-state index in [-0.39, 0.29) is 11.8 Å². The van der Waals surface area contributed by atoms with Gasteiger partial charge in [-0.15, -0.1) is 0 Å². The quantitative estimate of drug-likeness (QED) is 0.654. The molecule has 2 aromatic carbocycles. The van der Waals surface area contributed by atoms with E-state index in [4.69, 9.17) is 0 Å². The maximum absolute atomic E-state index is 13.0. The molecule has 1 amide bonds. The fraction of sp³-hybridized carbons (Fsp3) is 0.500. The molecular weight excluding hydrogens is 448 g/mol. The van der Waals surface area contributed by atoms with Crippen molar-refractivity contribution >= 4 is 21.6 Å². The maximum atomic E-state index is 13.0. The number of benzene rings is 2. The molecule has 2 aliphatic heterocycles. The van der Waals surface area contributed by atoms with E-state index in [1.54, 1.807) is 12.1 Å². The van der Waals surface area contributed by atoms with Crippen LogP contribution in [-0.2, 0) is 14.8 Å². The average Bonchev–Trinajstić information content (AvgIpc) is 2.86. The lowest BCUT2D eigenvalue weighted by Crippen LogP contribution is -2.49. The Morgan fingerprint density at radius 2 is 1.59 bits per heavy atom. The summed E-state index contributed by atoms with van der Waals surface area (Å²) in [6.07, 6.45) is 1.12. The lowest BCUT2D eigenvalue weighted by molar-refractivity contribution is -0.126. The van der Waals surface area contributed by atoms with Crippen molar-refractivity contribution in [2.75, 3.05) is 57.3 Å². The summed E-state index contributed by atoms with van der Waals surface area (Å²) >= 11 is 0. The van der Waals surface area contributed by atoms with Crippen molar-refractivity contribution in [3.05, 3.63) is 59.7 Å². The van der Waals surface area contributed by atoms with Gasteiger partial charge >= 0.3 is 0 Å². The van der Waals surface area contributed by atoms with Crippen LogP contribution in [0.4, 0.5) is 5.69 Å². The third kappa shape index (κ3) is 5.79. The number of carbonyl (C=O) groups is 1. The molecule has 2 heterocycles. The molecule has 8 heteroatoms. The Morgan fingerprint density at radius 1 is 0.912 bits per heavy atom. The van der Waals surface area contributed by atoms with E-state index in [2.05, 4.69) is 39.4 Å². The summed E-state index contributed by atoms with van der Waals surface area (Å²) in [5, 5.41) is 3.08. The molecule has 0 atom stereocenters. The van der Waals surface area contributed by atoms with Crippen LogP contribution >= 0.6 is 0 Å². The maximum Gasteiger partial charge on any atom is 0.243 e. The fourth-order valence-electron chi connectivity index (χ4n) is 4.73. The summed E-state index contributed by atoms with van der Waals surface area (Å²) in [5.41, 5.74) is 3.31. The van der Waals surface area contributed by atoms with Gasteiger partial charge in [0.05, 0.1) is 4.90 Å². The Bertz CT molecular complexity index is 1070. The van der Waals surface area contributed by atoms with E-state index < -0.39 is 10.0 Å². The van der Waals surface area contributed by atoms with E-state index in [0.29, 0.717) is 37.4 Å². The second kappa shape index (κ2) is 10.9. The molecule has 0 unspecified atom stereocenters. The smallest absolute Gasteiger partial charge is 0.243 e. The molecule has 0 radical (unpaired) electrons. The first-order valence-electron chi connectivity index (χ1n) is 12.2. The highest BCUT2D eigenvalue weighted by Gasteiger charge is 2.32. The van der Waals surface area contributed by atoms with Gasteiger partial charge in [-0.3, -0.25) is 9.69 Å². The zero-order chi connectivity index (χ0) is 24.1. The SMILES string of the molecule is Cc1ccc(S(=O)(=O)N2CCC(C(=O)NCCN3CCN(c4ccccc4)CC3)CC2)cc1C. The predicted octanol–water partition coefficient (Wildman–Crippen LogP) is 2.64. The third-order valence-corrected chi connectivity index (χ3v) is 9.06. The highest BCUT2D eigenvalue weighted by Crippen LogP contribution is 2.25. The number of hydrogen-bond acceptors (Lipinski definition) is 5. The summed E-state index contributed by atoms with van der Waals surface area (Å²) in [5.74, 6) is -0.0766. The normalized spacial score (nSPS) is 18.7. The van der Waals surface area contributed by atoms with Crippen LogP contribution in [0.2, 0.25) is 0 Å². The van der Waals surface area contributed by atoms with Crippen LogP contribution in [0.15, 0.2) is 53.4 Å². The highest BCUT2D eigenvalue weighted by molar-refractivity contribution is 7.89. The lowest BCUT2D eigenvalue weighted by Gasteiger charge is -2.36. The number of piperidine rings is 1. The molecule has 2 aliphatic rings. The molecule has 2 saturated heterocycles. The highest BCUT2D eigenvalue weighted by atomic mass is 32.2. The molecule has 34 heavy (non-hydrogen) atoms. The molecule has 7 nitrogen and oxygen atoms in total. The van der Waals surface area contributed by atoms with Gasteiger partial charge in [-0.25, -0.2) is 8.42 Å². The first kappa shape index (κ1) is 24.7. The Morgan fingerprint density at radius 3 is 2.24 bits per heavy atom. The van der Waals surface area contributed by atoms with Crippen molar-refractivity contribution < 1.29 is 13.2 Å². The summed E-state index contributed by atoms with van der Waals surface area (Å²) in [6, 6.07) is 15.7. The van der Waals surface area contributed by atoms with Crippen LogP contribution < -0.4 is 10.2 Å². The van der Waals surface area contributed by atoms with E-state index in [1.807, 2.05) is 26.0 Å². The van der Waals surface area contributed by atoms with Gasteiger partial charge in [0, 0.05) is 64.0 Å². The monoisotopic (exact) mass is 484 g/mol. The Labute approximate surface area is 203 Å². The van der Waals surface area contributed by atoms with Crippen LogP contribution in [0.25, 0.3) is 0 Å². The topological polar surface area (TPSA) is 73.0 Å². The van der Waals surface area contributed by atoms with Crippen LogP contribution in [0, 0.1) is 19.8 Å². The molecule has 0 saturated carbocycles. The molecule has 2 fully saturated rings. The van der Waals surface area contributed by atoms with Gasteiger partial charge in [0.15, 0.2) is 0 Å². The molecule has 0 aliphatic carbocycles. The molecule has 0 spiro atoms. The number of para-hydroxylation sites is 1. The number of anilines is 1. The van der Waals surface area contributed by atoms with Crippen molar-refractivity contribution in [2.45, 2.75) is 31.6 Å². The van der Waals surface area contributed by atoms with Gasteiger partial charge in [0.2, 0.25) is 15.9 Å². The van der Waals surface area contributed by atoms with Gasteiger partial charge in [-0.2, -0.15) is 4.31 Å². The summed E-state index contributed by atoms with van der Waals surface area (Å²) < 4.78 is 27.5. The van der Waals surface area contributed by atoms with E-state index in [0.717, 1.165) is 43.9 Å². The van der Waals surface area contributed by atoms with Gasteiger partial charge in [0.1, 0.15) is 0 Å². The van der Waals surface area contributed by atoms with E-state index in [9.17, 15) is 13.2 Å². The summed E-state index contributed by atoms with van der Waals surface area (Å²) in [7, 11) is -3.52. The number of hydrogen-bond donors (Lipinski definition) is 1. The first-order valence-corrected chi connectivity index (χ1v) is 13.7. The van der Waals surface area contributed by atoms with E-state index in [1.165, 1.54) is 9.99 Å². The number of nitrogens with one attached hydrogen (secondary N) is 1. The van der Waals surface area contributed by atoms with Crippen molar-refractivity contribution in [1.82, 2.24) is 14.5 Å². The molecule has 184 valence electrons. The van der Waals surface area contributed by atoms with Crippen LogP contribution in [0.5, 0.6) is 0 Å². The lowest BCUT2D eigenvalue weighted by atomic mass is 9.97. The van der Waals surface area contributed by atoms with Crippen molar-refractivity contribution in [2.24, 2.45) is 5.92 Å². The van der Waals surface area contributed by atoms with E-state index >= 15 is 0 Å². The van der Waals surface area contributed by atoms with Crippen LogP contribution in [0.3, 0.4) is 0 Å². The molecular formula is C26H36N4O3S. The number of piperazine rings is 1. The summed E-state index contributed by atoms with van der Waals surface area (Å²) in [4.78, 5) is 17.8. The Hall–Kier alpha value is -2.42. The number of amides is 1. The Kier molecular flexibility index (Phi) is 7.91. The average molecular weight is 485 g/mol. The van der Waals surface area contributed by atoms with Crippen LogP contribution in [-0.4, -0.2) is 75.9 Å².